The number of nitrogens with zero attached hydrogens (tertiary/aromatic N) is 2. The van der Waals surface area contributed by atoms with Gasteiger partial charge < -0.3 is 14.8 Å². The molecular formula is C22H24ClN3O4S. The molecular weight excluding hydrogens is 438 g/mol. The van der Waals surface area contributed by atoms with Crippen LogP contribution in [0.3, 0.4) is 0 Å². The second-order valence-corrected chi connectivity index (χ2v) is 8.44. The summed E-state index contributed by atoms with van der Waals surface area (Å²) in [6.07, 6.45) is 0. The van der Waals surface area contributed by atoms with Gasteiger partial charge in [-0.05, 0) is 37.1 Å². The zero-order valence-corrected chi connectivity index (χ0v) is 19.3. The van der Waals surface area contributed by atoms with Gasteiger partial charge >= 0.3 is 0 Å². The molecule has 2 aromatic rings. The molecule has 7 nitrogen and oxygen atoms in total. The summed E-state index contributed by atoms with van der Waals surface area (Å²) < 4.78 is 11.8. The third kappa shape index (κ3) is 5.71. The van der Waals surface area contributed by atoms with Gasteiger partial charge in [0.1, 0.15) is 12.0 Å². The van der Waals surface area contributed by atoms with Crippen LogP contribution in [0.1, 0.15) is 42.8 Å². The van der Waals surface area contributed by atoms with Crippen LogP contribution in [0.25, 0.3) is 0 Å². The van der Waals surface area contributed by atoms with Crippen molar-refractivity contribution >= 4 is 40.3 Å². The minimum absolute atomic E-state index is 0.258. The van der Waals surface area contributed by atoms with Crippen molar-refractivity contribution in [2.75, 3.05) is 6.61 Å². The number of rotatable bonds is 6. The Labute approximate surface area is 190 Å². The quantitative estimate of drug-likeness (QED) is 0.678. The molecule has 0 saturated heterocycles. The molecule has 1 atom stereocenters. The van der Waals surface area contributed by atoms with E-state index in [0.717, 1.165) is 11.1 Å². The predicted molar refractivity (Wildman–Crippen MR) is 122 cm³/mol. The minimum atomic E-state index is -0.484. The molecule has 1 N–H and O–H groups in total. The van der Waals surface area contributed by atoms with E-state index >= 15 is 0 Å². The number of hydrogen-bond acceptors (Lipinski definition) is 6. The van der Waals surface area contributed by atoms with Crippen molar-refractivity contribution in [3.8, 4) is 11.5 Å². The number of aryl methyl sites for hydroxylation is 1. The maximum atomic E-state index is 12.1. The van der Waals surface area contributed by atoms with E-state index in [4.69, 9.17) is 21.1 Å². The van der Waals surface area contributed by atoms with Crippen LogP contribution >= 0.6 is 23.4 Å². The van der Waals surface area contributed by atoms with Crippen LogP contribution in [-0.2, 0) is 16.2 Å². The van der Waals surface area contributed by atoms with Crippen LogP contribution in [0.5, 0.6) is 11.5 Å². The van der Waals surface area contributed by atoms with Gasteiger partial charge in [-0.3, -0.25) is 9.59 Å². The van der Waals surface area contributed by atoms with E-state index in [0.29, 0.717) is 40.5 Å². The van der Waals surface area contributed by atoms with E-state index in [1.54, 1.807) is 12.1 Å². The van der Waals surface area contributed by atoms with Gasteiger partial charge in [0.15, 0.2) is 16.7 Å². The molecule has 1 aliphatic heterocycles. The number of thioether (sulfide) groups is 1. The maximum Gasteiger partial charge on any atom is 0.241 e. The SMILES string of the molecule is CCOc1cc([C@@H]2SC(NC(C)=O)=NN2C(C)=O)cc(Cl)c1OCc1cccc(C)c1. The number of halogens is 1. The lowest BCUT2D eigenvalue weighted by atomic mass is 10.1. The molecule has 0 saturated carbocycles. The van der Waals surface area contributed by atoms with E-state index in [-0.39, 0.29) is 11.8 Å². The predicted octanol–water partition coefficient (Wildman–Crippen LogP) is 4.63. The Morgan fingerprint density at radius 1 is 1.23 bits per heavy atom. The highest BCUT2D eigenvalue weighted by atomic mass is 35.5. The largest absolute Gasteiger partial charge is 0.490 e. The molecule has 0 aromatic heterocycles. The number of hydrogen-bond donors (Lipinski definition) is 1. The summed E-state index contributed by atoms with van der Waals surface area (Å²) >= 11 is 7.82. The van der Waals surface area contributed by atoms with Crippen molar-refractivity contribution in [3.05, 3.63) is 58.1 Å². The fourth-order valence-electron chi connectivity index (χ4n) is 3.07. The summed E-state index contributed by atoms with van der Waals surface area (Å²) in [4.78, 5) is 23.5. The molecule has 3 rings (SSSR count). The highest BCUT2D eigenvalue weighted by molar-refractivity contribution is 8.14. The number of hydrazone groups is 1. The van der Waals surface area contributed by atoms with Crippen molar-refractivity contribution in [1.29, 1.82) is 0 Å². The number of carbonyl (C=O) groups excluding carboxylic acids is 2. The van der Waals surface area contributed by atoms with Gasteiger partial charge in [-0.2, -0.15) is 0 Å². The Morgan fingerprint density at radius 3 is 2.65 bits per heavy atom. The van der Waals surface area contributed by atoms with E-state index in [1.165, 1.54) is 30.6 Å². The lowest BCUT2D eigenvalue weighted by Crippen LogP contribution is -2.25. The van der Waals surface area contributed by atoms with Gasteiger partial charge in [-0.25, -0.2) is 5.01 Å². The van der Waals surface area contributed by atoms with Crippen molar-refractivity contribution in [2.45, 2.75) is 39.7 Å². The van der Waals surface area contributed by atoms with Crippen molar-refractivity contribution in [3.63, 3.8) is 0 Å². The first-order valence-electron chi connectivity index (χ1n) is 9.75. The van der Waals surface area contributed by atoms with Gasteiger partial charge in [0.05, 0.1) is 11.6 Å². The summed E-state index contributed by atoms with van der Waals surface area (Å²) in [5.74, 6) is 0.402. The standard InChI is InChI=1S/C22H24ClN3O4S/c1-5-29-19-11-17(21-26(15(4)28)25-22(31-21)24-14(3)27)10-18(23)20(19)30-12-16-8-6-7-13(2)9-16/h6-11,21H,5,12H2,1-4H3,(H,24,25,27)/t21-/m0/s1. The third-order valence-corrected chi connectivity index (χ3v) is 5.71. The molecule has 1 aliphatic rings. The zero-order chi connectivity index (χ0) is 22.5. The fourth-order valence-corrected chi connectivity index (χ4v) is 4.46. The van der Waals surface area contributed by atoms with Crippen LogP contribution in [-0.4, -0.2) is 28.6 Å². The monoisotopic (exact) mass is 461 g/mol. The average molecular weight is 462 g/mol. The van der Waals surface area contributed by atoms with Crippen LogP contribution in [0.2, 0.25) is 5.02 Å². The number of nitrogens with one attached hydrogen (secondary N) is 1. The molecule has 2 amide bonds. The second kappa shape index (κ2) is 10.1. The van der Waals surface area contributed by atoms with Gasteiger partial charge in [0.25, 0.3) is 0 Å². The molecule has 0 aliphatic carbocycles. The number of ether oxygens (including phenoxy) is 2. The normalized spacial score (nSPS) is 15.5. The average Bonchev–Trinajstić information content (AvgIpc) is 3.11. The van der Waals surface area contributed by atoms with E-state index < -0.39 is 5.37 Å². The molecule has 9 heteroatoms. The summed E-state index contributed by atoms with van der Waals surface area (Å²) in [6, 6.07) is 11.5. The molecule has 1 heterocycles. The first kappa shape index (κ1) is 23.0. The highest BCUT2D eigenvalue weighted by Crippen LogP contribution is 2.45. The first-order chi connectivity index (χ1) is 14.8. The number of amidine groups is 1. The number of amides is 2. The molecule has 0 fully saturated rings. The highest BCUT2D eigenvalue weighted by Gasteiger charge is 2.33. The molecule has 164 valence electrons. The Balaban J connectivity index is 1.88. The maximum absolute atomic E-state index is 12.1. The second-order valence-electron chi connectivity index (χ2n) is 6.96. The van der Waals surface area contributed by atoms with Crippen molar-refractivity contribution in [1.82, 2.24) is 10.3 Å². The van der Waals surface area contributed by atoms with Crippen LogP contribution in [0.15, 0.2) is 41.5 Å². The van der Waals surface area contributed by atoms with Crippen LogP contribution in [0, 0.1) is 6.92 Å². The van der Waals surface area contributed by atoms with Crippen LogP contribution < -0.4 is 14.8 Å². The van der Waals surface area contributed by atoms with Gasteiger partial charge in [-0.1, -0.05) is 53.2 Å². The Kier molecular flexibility index (Phi) is 7.46. The van der Waals surface area contributed by atoms with Gasteiger partial charge in [0, 0.05) is 13.8 Å². The lowest BCUT2D eigenvalue weighted by Gasteiger charge is -2.22. The molecule has 31 heavy (non-hydrogen) atoms. The molecule has 0 spiro atoms. The molecule has 0 radical (unpaired) electrons. The molecule has 0 unspecified atom stereocenters. The fraction of sp³-hybridized carbons (Fsp3) is 0.318. The molecule has 0 bridgehead atoms. The zero-order valence-electron chi connectivity index (χ0n) is 17.8. The minimum Gasteiger partial charge on any atom is -0.490 e. The number of benzene rings is 2. The Hall–Kier alpha value is -2.71. The van der Waals surface area contributed by atoms with Gasteiger partial charge in [-0.15, -0.1) is 5.10 Å². The summed E-state index contributed by atoms with van der Waals surface area (Å²) in [6.45, 7) is 7.46. The van der Waals surface area contributed by atoms with E-state index in [9.17, 15) is 9.59 Å². The smallest absolute Gasteiger partial charge is 0.241 e. The Bertz CT molecular complexity index is 1030. The van der Waals surface area contributed by atoms with Crippen molar-refractivity contribution in [2.24, 2.45) is 5.10 Å². The van der Waals surface area contributed by atoms with Gasteiger partial charge in [0.2, 0.25) is 11.8 Å². The van der Waals surface area contributed by atoms with Crippen LogP contribution in [0.4, 0.5) is 0 Å². The third-order valence-electron chi connectivity index (χ3n) is 4.33. The summed E-state index contributed by atoms with van der Waals surface area (Å²) in [7, 11) is 0. The summed E-state index contributed by atoms with van der Waals surface area (Å²) in [5.41, 5.74) is 2.87. The summed E-state index contributed by atoms with van der Waals surface area (Å²) in [5, 5.41) is 8.38. The van der Waals surface area contributed by atoms with E-state index in [2.05, 4.69) is 10.4 Å². The Morgan fingerprint density at radius 2 is 2.00 bits per heavy atom. The molecule has 2 aromatic carbocycles. The first-order valence-corrected chi connectivity index (χ1v) is 11.0. The topological polar surface area (TPSA) is 80.2 Å². The lowest BCUT2D eigenvalue weighted by molar-refractivity contribution is -0.129. The van der Waals surface area contributed by atoms with E-state index in [1.807, 2.05) is 38.1 Å². The van der Waals surface area contributed by atoms with Crippen molar-refractivity contribution < 1.29 is 19.1 Å². The number of carbonyl (C=O) groups is 2.